The Morgan fingerprint density at radius 1 is 1.12 bits per heavy atom. The molecule has 0 saturated carbocycles. The van der Waals surface area contributed by atoms with Crippen LogP contribution >= 0.6 is 0 Å². The van der Waals surface area contributed by atoms with Crippen LogP contribution in [0.25, 0.3) is 0 Å². The third kappa shape index (κ3) is 3.48. The maximum Gasteiger partial charge on any atom is 0.293 e. The first-order valence-corrected chi connectivity index (χ1v) is 8.96. The van der Waals surface area contributed by atoms with Crippen molar-refractivity contribution < 1.29 is 13.3 Å². The normalized spacial score (nSPS) is 11.1. The van der Waals surface area contributed by atoms with E-state index in [1.54, 1.807) is 37.3 Å². The molecule has 0 atom stereocenters. The van der Waals surface area contributed by atoms with Crippen molar-refractivity contribution >= 4 is 27.1 Å². The van der Waals surface area contributed by atoms with Crippen molar-refractivity contribution in [2.45, 2.75) is 18.7 Å². The summed E-state index contributed by atoms with van der Waals surface area (Å²) in [5.41, 5.74) is 0.546. The lowest BCUT2D eigenvalue weighted by Gasteiger charge is -2.23. The quantitative estimate of drug-likeness (QED) is 0.612. The summed E-state index contributed by atoms with van der Waals surface area (Å²) in [4.78, 5) is 10.5. The van der Waals surface area contributed by atoms with Gasteiger partial charge >= 0.3 is 0 Å². The molecule has 2 aromatic rings. The van der Waals surface area contributed by atoms with Gasteiger partial charge in [0.25, 0.3) is 15.7 Å². The van der Waals surface area contributed by atoms with Crippen LogP contribution in [-0.4, -0.2) is 26.4 Å². The molecule has 1 N–H and O–H groups in total. The molecule has 24 heavy (non-hydrogen) atoms. The summed E-state index contributed by atoms with van der Waals surface area (Å²) < 4.78 is 27.0. The number of rotatable bonds is 7. The molecular weight excluding hydrogens is 330 g/mol. The third-order valence-electron chi connectivity index (χ3n) is 3.45. The first kappa shape index (κ1) is 17.7. The van der Waals surface area contributed by atoms with Crippen molar-refractivity contribution in [1.29, 1.82) is 0 Å². The lowest BCUT2D eigenvalue weighted by Crippen LogP contribution is -2.30. The van der Waals surface area contributed by atoms with E-state index in [-0.39, 0.29) is 17.1 Å². The molecule has 0 fully saturated rings. The van der Waals surface area contributed by atoms with Crippen molar-refractivity contribution in [3.63, 3.8) is 0 Å². The number of anilines is 2. The predicted octanol–water partition coefficient (Wildman–Crippen LogP) is 3.24. The van der Waals surface area contributed by atoms with Gasteiger partial charge in [0.1, 0.15) is 5.69 Å². The second kappa shape index (κ2) is 7.31. The Morgan fingerprint density at radius 3 is 2.33 bits per heavy atom. The van der Waals surface area contributed by atoms with Crippen LogP contribution in [0.15, 0.2) is 53.4 Å². The van der Waals surface area contributed by atoms with E-state index in [0.717, 1.165) is 6.07 Å². The molecule has 0 heterocycles. The minimum atomic E-state index is -3.89. The Kier molecular flexibility index (Phi) is 5.40. The third-order valence-corrected chi connectivity index (χ3v) is 5.35. The average Bonchev–Trinajstić information content (AvgIpc) is 2.56. The predicted molar refractivity (Wildman–Crippen MR) is 93.9 cm³/mol. The van der Waals surface area contributed by atoms with Crippen LogP contribution < -0.4 is 9.62 Å². The fourth-order valence-electron chi connectivity index (χ4n) is 2.38. The van der Waals surface area contributed by atoms with E-state index in [9.17, 15) is 18.5 Å². The van der Waals surface area contributed by atoms with Crippen LogP contribution in [0.1, 0.15) is 13.8 Å². The summed E-state index contributed by atoms with van der Waals surface area (Å²) in [6.45, 7) is 4.24. The fourth-order valence-corrected chi connectivity index (χ4v) is 3.87. The van der Waals surface area contributed by atoms with Gasteiger partial charge in [0, 0.05) is 19.2 Å². The molecule has 2 aromatic carbocycles. The first-order chi connectivity index (χ1) is 11.4. The molecule has 128 valence electrons. The molecule has 7 nitrogen and oxygen atoms in total. The number of nitrogens with zero attached hydrogens (tertiary/aromatic N) is 2. The molecule has 0 radical (unpaired) electrons. The molecule has 0 aliphatic carbocycles. The number of nitro benzene ring substituents is 1. The average molecular weight is 349 g/mol. The van der Waals surface area contributed by atoms with E-state index in [2.05, 4.69) is 5.32 Å². The summed E-state index contributed by atoms with van der Waals surface area (Å²) >= 11 is 0. The smallest absolute Gasteiger partial charge is 0.293 e. The van der Waals surface area contributed by atoms with E-state index in [1.165, 1.54) is 16.4 Å². The number of para-hydroxylation sites is 1. The summed E-state index contributed by atoms with van der Waals surface area (Å²) in [5.74, 6) is 0. The molecule has 0 aromatic heterocycles. The van der Waals surface area contributed by atoms with Crippen molar-refractivity contribution in [1.82, 2.24) is 0 Å². The van der Waals surface area contributed by atoms with E-state index >= 15 is 0 Å². The van der Waals surface area contributed by atoms with Gasteiger partial charge in [-0.25, -0.2) is 8.42 Å². The molecule has 0 aliphatic rings. The highest BCUT2D eigenvalue weighted by atomic mass is 32.2. The maximum atomic E-state index is 12.9. The second-order valence-corrected chi connectivity index (χ2v) is 6.83. The zero-order valence-electron chi connectivity index (χ0n) is 13.5. The molecule has 8 heteroatoms. The Bertz CT molecular complexity index is 822. The van der Waals surface area contributed by atoms with Crippen molar-refractivity contribution in [3.05, 3.63) is 58.6 Å². The van der Waals surface area contributed by atoms with Gasteiger partial charge in [0.05, 0.1) is 15.5 Å². The minimum Gasteiger partial charge on any atom is -0.380 e. The lowest BCUT2D eigenvalue weighted by molar-refractivity contribution is -0.384. The Morgan fingerprint density at radius 2 is 1.79 bits per heavy atom. The highest BCUT2D eigenvalue weighted by Crippen LogP contribution is 2.30. The molecular formula is C16H19N3O4S. The van der Waals surface area contributed by atoms with Gasteiger partial charge < -0.3 is 5.32 Å². The maximum absolute atomic E-state index is 12.9. The van der Waals surface area contributed by atoms with Crippen LogP contribution in [0.2, 0.25) is 0 Å². The largest absolute Gasteiger partial charge is 0.380 e. The van der Waals surface area contributed by atoms with E-state index in [4.69, 9.17) is 0 Å². The fraction of sp³-hybridized carbons (Fsp3) is 0.250. The van der Waals surface area contributed by atoms with Gasteiger partial charge in [-0.3, -0.25) is 14.4 Å². The highest BCUT2D eigenvalue weighted by molar-refractivity contribution is 7.92. The van der Waals surface area contributed by atoms with E-state index in [1.807, 2.05) is 6.92 Å². The monoisotopic (exact) mass is 349 g/mol. The molecule has 0 amide bonds. The first-order valence-electron chi connectivity index (χ1n) is 7.52. The number of nitrogens with one attached hydrogen (secondary N) is 1. The number of hydrogen-bond acceptors (Lipinski definition) is 5. The molecule has 0 aliphatic heterocycles. The highest BCUT2D eigenvalue weighted by Gasteiger charge is 2.26. The van der Waals surface area contributed by atoms with Gasteiger partial charge in [-0.15, -0.1) is 0 Å². The molecule has 2 rings (SSSR count). The zero-order valence-corrected chi connectivity index (χ0v) is 14.3. The molecule has 0 unspecified atom stereocenters. The van der Waals surface area contributed by atoms with Crippen LogP contribution in [-0.2, 0) is 10.0 Å². The summed E-state index contributed by atoms with van der Waals surface area (Å²) in [6, 6.07) is 12.5. The Balaban J connectivity index is 2.52. The van der Waals surface area contributed by atoms with Gasteiger partial charge in [-0.2, -0.15) is 0 Å². The van der Waals surface area contributed by atoms with Gasteiger partial charge in [0.15, 0.2) is 0 Å². The number of hydrogen-bond donors (Lipinski definition) is 1. The number of benzene rings is 2. The second-order valence-electron chi connectivity index (χ2n) is 4.97. The van der Waals surface area contributed by atoms with Gasteiger partial charge in [-0.05, 0) is 38.1 Å². The summed E-state index contributed by atoms with van der Waals surface area (Å²) in [5, 5.41) is 14.1. The minimum absolute atomic E-state index is 0.110. The van der Waals surface area contributed by atoms with Crippen molar-refractivity contribution in [2.75, 3.05) is 22.7 Å². The van der Waals surface area contributed by atoms with Crippen LogP contribution in [0.5, 0.6) is 0 Å². The van der Waals surface area contributed by atoms with E-state index in [0.29, 0.717) is 17.9 Å². The zero-order chi connectivity index (χ0) is 17.7. The molecule has 0 saturated heterocycles. The molecule has 0 spiro atoms. The number of nitro groups is 1. The van der Waals surface area contributed by atoms with Crippen LogP contribution in [0.3, 0.4) is 0 Å². The topological polar surface area (TPSA) is 92.6 Å². The van der Waals surface area contributed by atoms with Gasteiger partial charge in [-0.1, -0.05) is 18.2 Å². The molecule has 0 bridgehead atoms. The van der Waals surface area contributed by atoms with E-state index < -0.39 is 14.9 Å². The standard InChI is InChI=1S/C16H19N3O4S/c1-3-17-15-11-10-14(12-16(15)19(20)21)24(22,23)18(4-2)13-8-6-5-7-9-13/h5-12,17H,3-4H2,1-2H3. The Hall–Kier alpha value is -2.61. The van der Waals surface area contributed by atoms with Crippen LogP contribution in [0, 0.1) is 10.1 Å². The van der Waals surface area contributed by atoms with Gasteiger partial charge in [0.2, 0.25) is 0 Å². The van der Waals surface area contributed by atoms with Crippen molar-refractivity contribution in [2.24, 2.45) is 0 Å². The summed E-state index contributed by atoms with van der Waals surface area (Å²) in [6.07, 6.45) is 0. The SMILES string of the molecule is CCNc1ccc(S(=O)(=O)N(CC)c2ccccc2)cc1[N+](=O)[O-]. The Labute approximate surface area is 141 Å². The lowest BCUT2D eigenvalue weighted by atomic mass is 10.2. The van der Waals surface area contributed by atoms with Crippen molar-refractivity contribution in [3.8, 4) is 0 Å². The van der Waals surface area contributed by atoms with Crippen LogP contribution in [0.4, 0.5) is 17.1 Å². The number of sulfonamides is 1. The summed E-state index contributed by atoms with van der Waals surface area (Å²) in [7, 11) is -3.89.